The second-order valence-electron chi connectivity index (χ2n) is 5.73. The minimum atomic E-state index is 0.711. The molecule has 0 atom stereocenters. The minimum Gasteiger partial charge on any atom is -0.379 e. The lowest BCUT2D eigenvalue weighted by atomic mass is 10.1. The molecule has 0 aromatic heterocycles. The zero-order valence-electron chi connectivity index (χ0n) is 18.6. The monoisotopic (exact) mass is 421 g/mol. The van der Waals surface area contributed by atoms with Crippen LogP contribution in [0.25, 0.3) is 0 Å². The van der Waals surface area contributed by atoms with E-state index in [1.54, 1.807) is 0 Å². The Hall–Kier alpha value is -1.73. The standard InChI is InChI=1S/C18H36O3.4CH2O/c1-2-3-4-5-6-7-9-12-15-20-17-18-21-16-13-10-8-11-14-19;4*1-2/h14H,2-13,15-18H2,1H3;4*1H2/p+1. The maximum absolute atomic E-state index is 8.52. The molecular weight excluding hydrogens is 376 g/mol. The predicted molar refractivity (Wildman–Crippen MR) is 119 cm³/mol. The molecule has 0 spiro atoms. The van der Waals surface area contributed by atoms with Gasteiger partial charge in [-0.05, 0) is 19.3 Å². The van der Waals surface area contributed by atoms with Crippen molar-refractivity contribution in [1.29, 1.82) is 0 Å². The zero-order chi connectivity index (χ0) is 23.4. The van der Waals surface area contributed by atoms with E-state index in [9.17, 15) is 0 Å². The highest BCUT2D eigenvalue weighted by Gasteiger charge is 1.94. The van der Waals surface area contributed by atoms with Crippen molar-refractivity contribution in [2.24, 2.45) is 0 Å². The maximum Gasteiger partial charge on any atom is 0.281 e. The van der Waals surface area contributed by atoms with Crippen LogP contribution < -0.4 is 0 Å². The van der Waals surface area contributed by atoms with Crippen molar-refractivity contribution < 1.29 is 33.4 Å². The lowest BCUT2D eigenvalue weighted by molar-refractivity contribution is -0.0987. The van der Waals surface area contributed by atoms with Crippen LogP contribution in [0.3, 0.4) is 0 Å². The Morgan fingerprint density at radius 3 is 1.28 bits per heavy atom. The molecule has 0 saturated heterocycles. The summed E-state index contributed by atoms with van der Waals surface area (Å²) >= 11 is 0. The van der Waals surface area contributed by atoms with E-state index in [1.165, 1.54) is 57.7 Å². The third-order valence-electron chi connectivity index (χ3n) is 3.64. The normalized spacial score (nSPS) is 8.45. The first-order valence-electron chi connectivity index (χ1n) is 10.2. The third-order valence-corrected chi connectivity index (χ3v) is 3.64. The first-order chi connectivity index (χ1) is 14.4. The van der Waals surface area contributed by atoms with Gasteiger partial charge in [0.05, 0.1) is 19.6 Å². The lowest BCUT2D eigenvalue weighted by Crippen LogP contribution is -2.06. The number of unbranched alkanes of at least 4 members (excludes halogenated alkanes) is 10. The summed E-state index contributed by atoms with van der Waals surface area (Å²) < 4.78 is 11.1. The quantitative estimate of drug-likeness (QED) is 0.187. The Kier molecular flexibility index (Phi) is 73.6. The van der Waals surface area contributed by atoms with Crippen molar-refractivity contribution in [1.82, 2.24) is 0 Å². The van der Waals surface area contributed by atoms with Gasteiger partial charge >= 0.3 is 0 Å². The van der Waals surface area contributed by atoms with Gasteiger partial charge in [-0.15, -0.1) is 0 Å². The first-order valence-corrected chi connectivity index (χ1v) is 10.2. The highest BCUT2D eigenvalue weighted by molar-refractivity contribution is 5.50. The number of carbonyl (C=O) groups is 4. The van der Waals surface area contributed by atoms with Crippen molar-refractivity contribution >= 4 is 33.4 Å². The van der Waals surface area contributed by atoms with Crippen molar-refractivity contribution in [2.45, 2.75) is 84.0 Å². The van der Waals surface area contributed by atoms with Crippen LogP contribution in [0.1, 0.15) is 84.0 Å². The molecule has 0 aromatic carbocycles. The largest absolute Gasteiger partial charge is 0.379 e. The number of aldehydes is 1. The van der Waals surface area contributed by atoms with Crippen LogP contribution in [0, 0.1) is 0 Å². The molecule has 0 amide bonds. The van der Waals surface area contributed by atoms with Crippen LogP contribution in [0.5, 0.6) is 0 Å². The van der Waals surface area contributed by atoms with E-state index >= 15 is 0 Å². The Bertz CT molecular complexity index is 245. The summed E-state index contributed by atoms with van der Waals surface area (Å²) in [6, 6.07) is 0. The molecule has 29 heavy (non-hydrogen) atoms. The Morgan fingerprint density at radius 1 is 0.552 bits per heavy atom. The molecule has 0 saturated carbocycles. The predicted octanol–water partition coefficient (Wildman–Crippen LogP) is 4.16. The molecule has 7 nitrogen and oxygen atoms in total. The van der Waals surface area contributed by atoms with E-state index in [0.717, 1.165) is 45.5 Å². The van der Waals surface area contributed by atoms with Crippen LogP contribution in [-0.4, -0.2) is 64.7 Å². The van der Waals surface area contributed by atoms with Gasteiger partial charge < -0.3 is 28.7 Å². The smallest absolute Gasteiger partial charge is 0.281 e. The van der Waals surface area contributed by atoms with E-state index in [0.29, 0.717) is 6.61 Å². The van der Waals surface area contributed by atoms with Gasteiger partial charge in [0.15, 0.2) is 0 Å². The van der Waals surface area contributed by atoms with Gasteiger partial charge in [-0.25, -0.2) is 0 Å². The van der Waals surface area contributed by atoms with Crippen molar-refractivity contribution in [3.63, 3.8) is 0 Å². The van der Waals surface area contributed by atoms with Crippen LogP contribution in [0.2, 0.25) is 0 Å². The summed E-state index contributed by atoms with van der Waals surface area (Å²) in [6.45, 7) is 13.4. The molecule has 0 unspecified atom stereocenters. The van der Waals surface area contributed by atoms with E-state index in [2.05, 4.69) is 6.92 Å². The molecule has 0 radical (unpaired) electrons. The van der Waals surface area contributed by atoms with Crippen molar-refractivity contribution in [3.8, 4) is 0 Å². The number of carbonyl (C=O) groups excluding carboxylic acids is 5. The molecule has 0 bridgehead atoms. The van der Waals surface area contributed by atoms with Gasteiger partial charge in [-0.2, -0.15) is 0 Å². The molecule has 0 fully saturated rings. The van der Waals surface area contributed by atoms with Crippen molar-refractivity contribution in [3.05, 3.63) is 0 Å². The van der Waals surface area contributed by atoms with Gasteiger partial charge in [0.1, 0.15) is 27.2 Å². The Balaban J connectivity index is -0.000000212. The number of hydrogen-bond acceptors (Lipinski definition) is 6. The van der Waals surface area contributed by atoms with Gasteiger partial charge in [0, 0.05) is 13.2 Å². The number of hydrogen-bond donors (Lipinski definition) is 0. The van der Waals surface area contributed by atoms with Gasteiger partial charge in [-0.3, -0.25) is 4.79 Å². The van der Waals surface area contributed by atoms with Crippen LogP contribution in [0.4, 0.5) is 0 Å². The van der Waals surface area contributed by atoms with E-state index < -0.39 is 0 Å². The molecule has 1 N–H and O–H groups in total. The van der Waals surface area contributed by atoms with E-state index in [-0.39, 0.29) is 0 Å². The van der Waals surface area contributed by atoms with Crippen LogP contribution >= 0.6 is 0 Å². The summed E-state index contributed by atoms with van der Waals surface area (Å²) in [6.07, 6.45) is 16.0. The fourth-order valence-corrected chi connectivity index (χ4v) is 2.28. The molecule has 0 rings (SSSR count). The lowest BCUT2D eigenvalue weighted by Gasteiger charge is -2.06. The third kappa shape index (κ3) is 58.5. The molecule has 0 aliphatic rings. The summed E-state index contributed by atoms with van der Waals surface area (Å²) in [5.41, 5.74) is 0. The number of ether oxygens (including phenoxy) is 2. The summed E-state index contributed by atoms with van der Waals surface area (Å²) in [5, 5.41) is 0. The number of rotatable bonds is 18. The fourth-order valence-electron chi connectivity index (χ4n) is 2.28. The second kappa shape index (κ2) is 56.2. The van der Waals surface area contributed by atoms with Gasteiger partial charge in [0.2, 0.25) is 0 Å². The van der Waals surface area contributed by atoms with Crippen LogP contribution in [-0.2, 0) is 28.7 Å². The summed E-state index contributed by atoms with van der Waals surface area (Å²) in [4.78, 5) is 40.5. The SMILES string of the molecule is C=O.C=O.C=O.C=O.CCCCCCCCCCOCCOCCCCCC=[OH+]. The molecule has 0 heterocycles. The van der Waals surface area contributed by atoms with E-state index in [4.69, 9.17) is 33.4 Å². The average molecular weight is 422 g/mol. The zero-order valence-corrected chi connectivity index (χ0v) is 18.6. The topological polar surface area (TPSA) is 108 Å². The molecule has 174 valence electrons. The Labute approximate surface area is 177 Å². The minimum absolute atomic E-state index is 0.711. The van der Waals surface area contributed by atoms with Crippen LogP contribution in [0.15, 0.2) is 0 Å². The Morgan fingerprint density at radius 2 is 0.897 bits per heavy atom. The second-order valence-corrected chi connectivity index (χ2v) is 5.73. The summed E-state index contributed by atoms with van der Waals surface area (Å²) in [7, 11) is 0. The van der Waals surface area contributed by atoms with Gasteiger partial charge in [0.25, 0.3) is 6.29 Å². The first kappa shape index (κ1) is 37.9. The van der Waals surface area contributed by atoms with Gasteiger partial charge in [-0.1, -0.05) is 58.3 Å². The van der Waals surface area contributed by atoms with Crippen molar-refractivity contribution in [2.75, 3.05) is 26.4 Å². The maximum atomic E-state index is 8.52. The molecule has 7 heteroatoms. The molecule has 0 aromatic rings. The molecular formula is C22H45O7+. The highest BCUT2D eigenvalue weighted by atomic mass is 16.5. The highest BCUT2D eigenvalue weighted by Crippen LogP contribution is 2.08. The molecule has 0 aliphatic heterocycles. The molecule has 0 aliphatic carbocycles. The van der Waals surface area contributed by atoms with E-state index in [1.807, 2.05) is 27.2 Å². The summed E-state index contributed by atoms with van der Waals surface area (Å²) in [5.74, 6) is 0. The average Bonchev–Trinajstić information content (AvgIpc) is 2.81. The fraction of sp³-hybridized carbons (Fsp3) is 0.773.